The minimum atomic E-state index is -3.66. The van der Waals surface area contributed by atoms with E-state index in [9.17, 15) is 8.42 Å². The van der Waals surface area contributed by atoms with Crippen LogP contribution in [0.5, 0.6) is 0 Å². The molecular weight excluding hydrogens is 373 g/mol. The molecule has 1 aromatic heterocycles. The van der Waals surface area contributed by atoms with E-state index < -0.39 is 10.0 Å². The van der Waals surface area contributed by atoms with Gasteiger partial charge in [0.25, 0.3) is 0 Å². The van der Waals surface area contributed by atoms with Crippen LogP contribution in [0.1, 0.15) is 11.8 Å². The second-order valence-corrected chi connectivity index (χ2v) is 8.85. The van der Waals surface area contributed by atoms with Crippen molar-refractivity contribution in [3.8, 4) is 0 Å². The fraction of sp³-hybridized carbons (Fsp3) is 0.231. The van der Waals surface area contributed by atoms with Gasteiger partial charge in [-0.15, -0.1) is 11.3 Å². The van der Waals surface area contributed by atoms with Gasteiger partial charge in [0.15, 0.2) is 0 Å². The van der Waals surface area contributed by atoms with Crippen molar-refractivity contribution in [1.29, 1.82) is 0 Å². The van der Waals surface area contributed by atoms with E-state index in [1.807, 2.05) is 6.07 Å². The van der Waals surface area contributed by atoms with Gasteiger partial charge in [-0.05, 0) is 30.3 Å². The summed E-state index contributed by atoms with van der Waals surface area (Å²) in [4.78, 5) is 0.961. The minimum absolute atomic E-state index is 0.0875. The Kier molecular flexibility index (Phi) is 5.57. The Labute approximate surface area is 143 Å². The molecule has 0 radical (unpaired) electrons. The molecule has 0 amide bonds. The van der Waals surface area contributed by atoms with Gasteiger partial charge in [-0.25, -0.2) is 8.42 Å². The number of thiophene rings is 1. The lowest BCUT2D eigenvalue weighted by atomic mass is 10.4. The van der Waals surface area contributed by atoms with Crippen molar-refractivity contribution >= 4 is 56.2 Å². The van der Waals surface area contributed by atoms with Crippen molar-refractivity contribution in [1.82, 2.24) is 4.31 Å². The zero-order valence-electron chi connectivity index (χ0n) is 11.0. The minimum Gasteiger partial charge on any atom is -0.207 e. The molecule has 0 atom stereocenters. The molecule has 1 heterocycles. The number of halogens is 3. The molecule has 0 N–H and O–H groups in total. The van der Waals surface area contributed by atoms with Gasteiger partial charge in [0.05, 0.1) is 9.23 Å². The highest BCUT2D eigenvalue weighted by Gasteiger charge is 2.24. The van der Waals surface area contributed by atoms with Crippen molar-refractivity contribution in [3.05, 3.63) is 49.6 Å². The van der Waals surface area contributed by atoms with E-state index >= 15 is 0 Å². The van der Waals surface area contributed by atoms with E-state index in [0.717, 1.165) is 4.88 Å². The second-order valence-electron chi connectivity index (χ2n) is 4.24. The first kappa shape index (κ1) is 17.1. The predicted octanol–water partition coefficient (Wildman–Crippen LogP) is 4.92. The van der Waals surface area contributed by atoms with Crippen molar-refractivity contribution in [2.75, 3.05) is 6.54 Å². The van der Waals surface area contributed by atoms with E-state index in [0.29, 0.717) is 10.9 Å². The van der Waals surface area contributed by atoms with Crippen LogP contribution >= 0.6 is 46.1 Å². The van der Waals surface area contributed by atoms with Gasteiger partial charge in [-0.2, -0.15) is 4.31 Å². The summed E-state index contributed by atoms with van der Waals surface area (Å²) in [5.74, 6) is 0. The monoisotopic (exact) mass is 383 g/mol. The fourth-order valence-electron chi connectivity index (χ4n) is 1.80. The third-order valence-corrected chi connectivity index (χ3v) is 6.34. The van der Waals surface area contributed by atoms with Gasteiger partial charge < -0.3 is 0 Å². The third-order valence-electron chi connectivity index (χ3n) is 2.79. The standard InChI is InChI=1S/C13H12Cl3NO2S2/c1-2-17(8-11-3-4-13(16)20-11)21(18,19)12-6-9(14)5-10(15)7-12/h3-7H,2,8H2,1H3. The van der Waals surface area contributed by atoms with Gasteiger partial charge in [0.2, 0.25) is 10.0 Å². The van der Waals surface area contributed by atoms with Gasteiger partial charge >= 0.3 is 0 Å². The van der Waals surface area contributed by atoms with Crippen molar-refractivity contribution in [2.24, 2.45) is 0 Å². The average Bonchev–Trinajstić information content (AvgIpc) is 2.80. The number of sulfonamides is 1. The maximum atomic E-state index is 12.7. The molecule has 2 aromatic rings. The summed E-state index contributed by atoms with van der Waals surface area (Å²) in [6.07, 6.45) is 0. The van der Waals surface area contributed by atoms with Gasteiger partial charge in [0.1, 0.15) is 0 Å². The summed E-state index contributed by atoms with van der Waals surface area (Å²) in [5.41, 5.74) is 0. The summed E-state index contributed by atoms with van der Waals surface area (Å²) in [7, 11) is -3.66. The molecule has 0 aliphatic rings. The van der Waals surface area contributed by atoms with Crippen LogP contribution in [-0.4, -0.2) is 19.3 Å². The number of hydrogen-bond donors (Lipinski definition) is 0. The summed E-state index contributed by atoms with van der Waals surface area (Å²) >= 11 is 19.0. The van der Waals surface area contributed by atoms with Crippen molar-refractivity contribution in [3.63, 3.8) is 0 Å². The molecule has 2 rings (SSSR count). The van der Waals surface area contributed by atoms with Crippen LogP contribution in [-0.2, 0) is 16.6 Å². The Morgan fingerprint density at radius 1 is 1.10 bits per heavy atom. The number of benzene rings is 1. The Morgan fingerprint density at radius 3 is 2.19 bits per heavy atom. The van der Waals surface area contributed by atoms with Crippen molar-refractivity contribution in [2.45, 2.75) is 18.4 Å². The molecule has 0 aliphatic heterocycles. The SMILES string of the molecule is CCN(Cc1ccc(Cl)s1)S(=O)(=O)c1cc(Cl)cc(Cl)c1. The molecule has 21 heavy (non-hydrogen) atoms. The van der Waals surface area contributed by atoms with E-state index in [1.165, 1.54) is 33.8 Å². The average molecular weight is 385 g/mol. The maximum Gasteiger partial charge on any atom is 0.243 e. The Balaban J connectivity index is 2.35. The molecule has 0 fully saturated rings. The number of hydrogen-bond acceptors (Lipinski definition) is 3. The van der Waals surface area contributed by atoms with Crippen LogP contribution < -0.4 is 0 Å². The first-order chi connectivity index (χ1) is 9.82. The van der Waals surface area contributed by atoms with E-state index in [-0.39, 0.29) is 21.5 Å². The first-order valence-electron chi connectivity index (χ1n) is 6.03. The summed E-state index contributed by atoms with van der Waals surface area (Å²) < 4.78 is 27.3. The van der Waals surface area contributed by atoms with Crippen LogP contribution in [0, 0.1) is 0 Å². The fourth-order valence-corrected chi connectivity index (χ4v) is 5.14. The molecule has 0 saturated carbocycles. The van der Waals surface area contributed by atoms with Crippen LogP contribution in [0.15, 0.2) is 35.2 Å². The second kappa shape index (κ2) is 6.86. The zero-order chi connectivity index (χ0) is 15.6. The highest BCUT2D eigenvalue weighted by Crippen LogP contribution is 2.28. The van der Waals surface area contributed by atoms with E-state index in [2.05, 4.69) is 0 Å². The molecule has 3 nitrogen and oxygen atoms in total. The Bertz CT molecular complexity index is 723. The maximum absolute atomic E-state index is 12.7. The van der Waals surface area contributed by atoms with Crippen LogP contribution in [0.3, 0.4) is 0 Å². The molecule has 0 saturated heterocycles. The highest BCUT2D eigenvalue weighted by molar-refractivity contribution is 7.89. The van der Waals surface area contributed by atoms with E-state index in [4.69, 9.17) is 34.8 Å². The van der Waals surface area contributed by atoms with E-state index in [1.54, 1.807) is 13.0 Å². The lowest BCUT2D eigenvalue weighted by Gasteiger charge is -2.20. The lowest BCUT2D eigenvalue weighted by Crippen LogP contribution is -2.30. The molecule has 1 aromatic carbocycles. The molecule has 0 aliphatic carbocycles. The Morgan fingerprint density at radius 2 is 1.71 bits per heavy atom. The summed E-state index contributed by atoms with van der Waals surface area (Å²) in [6, 6.07) is 7.85. The molecule has 0 spiro atoms. The summed E-state index contributed by atoms with van der Waals surface area (Å²) in [5, 5.41) is 0.576. The normalized spacial score (nSPS) is 12.0. The lowest BCUT2D eigenvalue weighted by molar-refractivity contribution is 0.426. The highest BCUT2D eigenvalue weighted by atomic mass is 35.5. The predicted molar refractivity (Wildman–Crippen MR) is 89.1 cm³/mol. The smallest absolute Gasteiger partial charge is 0.207 e. The topological polar surface area (TPSA) is 37.4 Å². The first-order valence-corrected chi connectivity index (χ1v) is 9.42. The van der Waals surface area contributed by atoms with Gasteiger partial charge in [-0.3, -0.25) is 0 Å². The molecule has 114 valence electrons. The number of nitrogens with zero attached hydrogens (tertiary/aromatic N) is 1. The molecule has 0 bridgehead atoms. The molecular formula is C13H12Cl3NO2S2. The van der Waals surface area contributed by atoms with Gasteiger partial charge in [0, 0.05) is 28.0 Å². The summed E-state index contributed by atoms with van der Waals surface area (Å²) in [6.45, 7) is 2.38. The largest absolute Gasteiger partial charge is 0.243 e. The number of rotatable bonds is 5. The quantitative estimate of drug-likeness (QED) is 0.733. The van der Waals surface area contributed by atoms with Crippen LogP contribution in [0.2, 0.25) is 14.4 Å². The van der Waals surface area contributed by atoms with Crippen LogP contribution in [0.25, 0.3) is 0 Å². The molecule has 8 heteroatoms. The van der Waals surface area contributed by atoms with Crippen molar-refractivity contribution < 1.29 is 8.42 Å². The Hall–Kier alpha value is -0.300. The third kappa shape index (κ3) is 4.12. The van der Waals surface area contributed by atoms with Crippen LogP contribution in [0.4, 0.5) is 0 Å². The van der Waals surface area contributed by atoms with Gasteiger partial charge in [-0.1, -0.05) is 41.7 Å². The molecule has 0 unspecified atom stereocenters. The zero-order valence-corrected chi connectivity index (χ0v) is 14.9.